The van der Waals surface area contributed by atoms with Crippen LogP contribution in [0.5, 0.6) is 0 Å². The molecule has 0 amide bonds. The van der Waals surface area contributed by atoms with E-state index in [9.17, 15) is 0 Å². The van der Waals surface area contributed by atoms with Gasteiger partial charge in [0.2, 0.25) is 0 Å². The van der Waals surface area contributed by atoms with Gasteiger partial charge in [-0.3, -0.25) is 0 Å². The Morgan fingerprint density at radius 2 is 1.32 bits per heavy atom. The molecule has 0 bridgehead atoms. The molecule has 0 N–H and O–H groups in total. The predicted molar refractivity (Wildman–Crippen MR) is 287 cm³/mol. The lowest BCUT2D eigenvalue weighted by atomic mass is 9.83. The fourth-order valence-corrected chi connectivity index (χ4v) is 9.77. The molecule has 0 fully saturated rings. The van der Waals surface area contributed by atoms with Crippen molar-refractivity contribution in [2.24, 2.45) is 10.9 Å². The van der Waals surface area contributed by atoms with Gasteiger partial charge in [0.1, 0.15) is 0 Å². The molecule has 6 aromatic rings. The van der Waals surface area contributed by atoms with E-state index in [0.717, 1.165) is 41.1 Å². The molecule has 1 atom stereocenters. The van der Waals surface area contributed by atoms with Gasteiger partial charge in [0.25, 0.3) is 0 Å². The summed E-state index contributed by atoms with van der Waals surface area (Å²) in [5.41, 5.74) is 20.4. The van der Waals surface area contributed by atoms with E-state index in [0.29, 0.717) is 0 Å². The summed E-state index contributed by atoms with van der Waals surface area (Å²) in [6.45, 7) is 28.3. The number of aryl methyl sites for hydroxylation is 1. The van der Waals surface area contributed by atoms with E-state index in [2.05, 4.69) is 220 Å². The first-order valence-corrected chi connectivity index (χ1v) is 24.3. The topological polar surface area (TPSA) is 17.3 Å². The van der Waals surface area contributed by atoms with E-state index in [4.69, 9.17) is 4.99 Å². The monoisotopic (exact) mass is 857 g/mol. The lowest BCUT2D eigenvalue weighted by Gasteiger charge is -2.23. The van der Waals surface area contributed by atoms with Gasteiger partial charge in [0.05, 0.1) is 11.4 Å². The van der Waals surface area contributed by atoms with Crippen LogP contribution in [0.2, 0.25) is 0 Å². The van der Waals surface area contributed by atoms with Gasteiger partial charge in [0.15, 0.2) is 0 Å². The van der Waals surface area contributed by atoms with Crippen LogP contribution in [0.15, 0.2) is 162 Å². The molecule has 0 unspecified atom stereocenters. The number of nitrogens with zero attached hydrogens (tertiary/aromatic N) is 2. The Morgan fingerprint density at radius 3 is 1.98 bits per heavy atom. The highest BCUT2D eigenvalue weighted by atomic mass is 15.0. The molecule has 2 heteroatoms. The molecule has 0 radical (unpaired) electrons. The fraction of sp³-hybridized carbons (Fsp3) is 0.317. The summed E-state index contributed by atoms with van der Waals surface area (Å²) in [5.74, 6) is 0.208. The maximum absolute atomic E-state index is 5.74. The first kappa shape index (κ1) is 47.0. The molecule has 0 saturated heterocycles. The van der Waals surface area contributed by atoms with Crippen LogP contribution in [-0.4, -0.2) is 10.3 Å². The van der Waals surface area contributed by atoms with Crippen molar-refractivity contribution in [3.63, 3.8) is 0 Å². The lowest BCUT2D eigenvalue weighted by molar-refractivity contribution is 0.570. The Balaban J connectivity index is 1.34. The van der Waals surface area contributed by atoms with Gasteiger partial charge >= 0.3 is 0 Å². The minimum absolute atomic E-state index is 0.0818. The van der Waals surface area contributed by atoms with Crippen molar-refractivity contribution in [3.05, 3.63) is 196 Å². The molecule has 2 nitrogen and oxygen atoms in total. The van der Waals surface area contributed by atoms with Crippen LogP contribution in [0.1, 0.15) is 146 Å². The molecule has 1 aliphatic rings. The van der Waals surface area contributed by atoms with E-state index in [1.807, 2.05) is 0 Å². The van der Waals surface area contributed by atoms with Crippen molar-refractivity contribution in [2.45, 2.75) is 126 Å². The second-order valence-electron chi connectivity index (χ2n) is 19.6. The molecule has 0 spiro atoms. The van der Waals surface area contributed by atoms with Gasteiger partial charge < -0.3 is 4.57 Å². The first-order chi connectivity index (χ1) is 31.3. The highest BCUT2D eigenvalue weighted by Gasteiger charge is 2.28. The van der Waals surface area contributed by atoms with Gasteiger partial charge in [-0.25, -0.2) is 4.99 Å². The molecule has 0 aliphatic heterocycles. The standard InChI is InChI=1S/C63H72N2/c1-12-14-15-16-17-24-39-65-59-41-50(31-33-56(59)57-34-32-51(42-60(57)65)63(9,10)11)54-36-37-55(52(54)13-2)58-38-35-53(45(6)30-29-44(5)40-43(3)4)47(8)62(58)64-61(49-27-22-19-23-28-49)46(7)48-25-20-18-21-26-48/h18-23,25-38,40-42,52H,7,12-17,24,39H2,1-6,8-11H3/b44-29+,45-30+,64-61?/t52-/m0/s1. The third-order valence-corrected chi connectivity index (χ3v) is 13.4. The van der Waals surface area contributed by atoms with Crippen molar-refractivity contribution in [1.29, 1.82) is 0 Å². The van der Waals surface area contributed by atoms with Crippen molar-refractivity contribution in [2.75, 3.05) is 0 Å². The number of aliphatic imine (C=N–C) groups is 1. The Labute approximate surface area is 391 Å². The summed E-state index contributed by atoms with van der Waals surface area (Å²) in [5, 5.41) is 2.70. The Morgan fingerprint density at radius 1 is 0.692 bits per heavy atom. The summed E-state index contributed by atoms with van der Waals surface area (Å²) in [6.07, 6.45) is 20.2. The number of allylic oxidation sites excluding steroid dienone is 11. The summed E-state index contributed by atoms with van der Waals surface area (Å²) in [7, 11) is 0. The van der Waals surface area contributed by atoms with Gasteiger partial charge in [-0.05, 0) is 110 Å². The normalized spacial score (nSPS) is 14.9. The van der Waals surface area contributed by atoms with Crippen molar-refractivity contribution in [3.8, 4) is 0 Å². The van der Waals surface area contributed by atoms with Crippen LogP contribution in [0.4, 0.5) is 5.69 Å². The summed E-state index contributed by atoms with van der Waals surface area (Å²) >= 11 is 0. The second-order valence-corrected chi connectivity index (χ2v) is 19.6. The molecular weight excluding hydrogens is 785 g/mol. The van der Waals surface area contributed by atoms with Gasteiger partial charge in [-0.2, -0.15) is 0 Å². The number of unbranched alkanes of at least 4 members (excludes halogenated alkanes) is 5. The quantitative estimate of drug-likeness (QED) is 0.0494. The number of hydrogen-bond donors (Lipinski definition) is 0. The molecule has 65 heavy (non-hydrogen) atoms. The number of rotatable bonds is 17. The SMILES string of the molecule is C=C(C(=Nc1c(C2=CC=C(c3ccc4c5ccc(C(C)(C)C)cc5n(CCCCCCCC)c4c3)[C@@H]2CC)ccc(/C(C)=C/C=C(\C)C=C(C)C)c1C)c1ccccc1)c1ccccc1. The maximum atomic E-state index is 5.74. The van der Waals surface area contributed by atoms with Crippen LogP contribution < -0.4 is 0 Å². The minimum Gasteiger partial charge on any atom is -0.340 e. The predicted octanol–water partition coefficient (Wildman–Crippen LogP) is 18.4. The molecule has 1 aromatic heterocycles. The first-order valence-electron chi connectivity index (χ1n) is 24.3. The summed E-state index contributed by atoms with van der Waals surface area (Å²) in [6, 6.07) is 40.2. The van der Waals surface area contributed by atoms with Crippen LogP contribution in [0, 0.1) is 12.8 Å². The lowest BCUT2D eigenvalue weighted by Crippen LogP contribution is -2.11. The zero-order chi connectivity index (χ0) is 46.3. The van der Waals surface area contributed by atoms with E-state index in [1.165, 1.54) is 116 Å². The van der Waals surface area contributed by atoms with Gasteiger partial charge in [-0.15, -0.1) is 0 Å². The van der Waals surface area contributed by atoms with E-state index >= 15 is 0 Å². The van der Waals surface area contributed by atoms with Gasteiger partial charge in [-0.1, -0.05) is 212 Å². The fourth-order valence-electron chi connectivity index (χ4n) is 9.77. The average Bonchev–Trinajstić information content (AvgIpc) is 3.87. The number of benzene rings is 5. The van der Waals surface area contributed by atoms with Crippen molar-refractivity contribution < 1.29 is 0 Å². The average molecular weight is 857 g/mol. The summed E-state index contributed by atoms with van der Waals surface area (Å²) < 4.78 is 2.64. The van der Waals surface area contributed by atoms with Crippen LogP contribution >= 0.6 is 0 Å². The maximum Gasteiger partial charge on any atom is 0.0781 e. The van der Waals surface area contributed by atoms with Crippen LogP contribution in [0.25, 0.3) is 44.1 Å². The van der Waals surface area contributed by atoms with Crippen molar-refractivity contribution >= 4 is 55.5 Å². The van der Waals surface area contributed by atoms with E-state index in [1.54, 1.807) is 0 Å². The number of aromatic nitrogens is 1. The molecule has 1 aliphatic carbocycles. The third kappa shape index (κ3) is 10.6. The Hall–Kier alpha value is -5.99. The molecule has 0 saturated carbocycles. The van der Waals surface area contributed by atoms with E-state index in [-0.39, 0.29) is 11.3 Å². The number of hydrogen-bond acceptors (Lipinski definition) is 1. The van der Waals surface area contributed by atoms with Gasteiger partial charge in [0, 0.05) is 51.0 Å². The Bertz CT molecular complexity index is 2850. The highest BCUT2D eigenvalue weighted by molar-refractivity contribution is 6.32. The largest absolute Gasteiger partial charge is 0.340 e. The molecular formula is C63H72N2. The Kier molecular flexibility index (Phi) is 15.1. The summed E-state index contributed by atoms with van der Waals surface area (Å²) in [4.78, 5) is 5.74. The molecule has 1 heterocycles. The molecule has 7 rings (SSSR count). The highest BCUT2D eigenvalue weighted by Crippen LogP contribution is 2.47. The second kappa shape index (κ2) is 20.9. The molecule has 334 valence electrons. The van der Waals surface area contributed by atoms with Crippen LogP contribution in [-0.2, 0) is 12.0 Å². The minimum atomic E-state index is 0.0818. The number of fused-ring (bicyclic) bond motifs is 3. The smallest absolute Gasteiger partial charge is 0.0781 e. The molecule has 5 aromatic carbocycles. The van der Waals surface area contributed by atoms with Crippen molar-refractivity contribution in [1.82, 2.24) is 4.57 Å². The zero-order valence-corrected chi connectivity index (χ0v) is 41.1. The third-order valence-electron chi connectivity index (χ3n) is 13.4. The van der Waals surface area contributed by atoms with E-state index < -0.39 is 0 Å². The zero-order valence-electron chi connectivity index (χ0n) is 41.1. The van der Waals surface area contributed by atoms with Crippen LogP contribution in [0.3, 0.4) is 0 Å².